The van der Waals surface area contributed by atoms with Crippen LogP contribution in [0.2, 0.25) is 5.02 Å². The maximum Gasteiger partial charge on any atom is 0.165 e. The highest BCUT2D eigenvalue weighted by molar-refractivity contribution is 9.10. The Labute approximate surface area is 124 Å². The Kier molecular flexibility index (Phi) is 4.45. The van der Waals surface area contributed by atoms with E-state index < -0.39 is 11.9 Å². The Morgan fingerprint density at radius 3 is 2.68 bits per heavy atom. The van der Waals surface area contributed by atoms with Crippen molar-refractivity contribution in [3.8, 4) is 5.75 Å². The molecule has 5 heteroatoms. The molecule has 1 atom stereocenters. The zero-order chi connectivity index (χ0) is 14.0. The Bertz CT molecular complexity index is 606. The van der Waals surface area contributed by atoms with Crippen LogP contribution in [0.25, 0.3) is 0 Å². The predicted molar refractivity (Wildman–Crippen MR) is 78.1 cm³/mol. The average molecular weight is 345 g/mol. The van der Waals surface area contributed by atoms with Crippen molar-refractivity contribution in [1.29, 1.82) is 0 Å². The van der Waals surface area contributed by atoms with Crippen LogP contribution in [-0.4, -0.2) is 7.11 Å². The summed E-state index contributed by atoms with van der Waals surface area (Å²) >= 11 is 9.53. The van der Waals surface area contributed by atoms with E-state index in [0.29, 0.717) is 10.6 Å². The summed E-state index contributed by atoms with van der Waals surface area (Å²) in [5, 5.41) is 0.534. The van der Waals surface area contributed by atoms with Crippen molar-refractivity contribution in [3.63, 3.8) is 0 Å². The molecule has 1 unspecified atom stereocenters. The summed E-state index contributed by atoms with van der Waals surface area (Å²) in [6.07, 6.45) is 0. The molecule has 0 spiro atoms. The van der Waals surface area contributed by atoms with Gasteiger partial charge in [-0.2, -0.15) is 0 Å². The van der Waals surface area contributed by atoms with Gasteiger partial charge in [-0.05, 0) is 45.3 Å². The number of hydrogen-bond acceptors (Lipinski definition) is 2. The first-order valence-electron chi connectivity index (χ1n) is 5.57. The molecule has 100 valence electrons. The lowest BCUT2D eigenvalue weighted by atomic mass is 9.99. The van der Waals surface area contributed by atoms with Gasteiger partial charge in [0.1, 0.15) is 0 Å². The second-order valence-corrected chi connectivity index (χ2v) is 5.25. The van der Waals surface area contributed by atoms with Crippen LogP contribution in [0, 0.1) is 5.82 Å². The van der Waals surface area contributed by atoms with Crippen LogP contribution in [0.3, 0.4) is 0 Å². The number of hydrogen-bond donors (Lipinski definition) is 1. The summed E-state index contributed by atoms with van der Waals surface area (Å²) < 4.78 is 19.3. The molecule has 2 N–H and O–H groups in total. The van der Waals surface area contributed by atoms with Crippen LogP contribution < -0.4 is 10.5 Å². The van der Waals surface area contributed by atoms with Crippen molar-refractivity contribution >= 4 is 27.5 Å². The zero-order valence-corrected chi connectivity index (χ0v) is 12.5. The highest BCUT2D eigenvalue weighted by Crippen LogP contribution is 2.33. The van der Waals surface area contributed by atoms with Gasteiger partial charge in [0.25, 0.3) is 0 Å². The summed E-state index contributed by atoms with van der Waals surface area (Å²) in [6, 6.07) is 9.63. The quantitative estimate of drug-likeness (QED) is 0.901. The topological polar surface area (TPSA) is 35.2 Å². The number of methoxy groups -OCH3 is 1. The number of nitrogens with two attached hydrogens (primary N) is 1. The summed E-state index contributed by atoms with van der Waals surface area (Å²) in [5.74, 6) is -0.252. The van der Waals surface area contributed by atoms with Crippen molar-refractivity contribution in [2.24, 2.45) is 5.73 Å². The van der Waals surface area contributed by atoms with Gasteiger partial charge in [-0.3, -0.25) is 0 Å². The van der Waals surface area contributed by atoms with Crippen LogP contribution in [0.4, 0.5) is 4.39 Å². The van der Waals surface area contributed by atoms with Gasteiger partial charge < -0.3 is 10.5 Å². The molecule has 0 aliphatic heterocycles. The minimum Gasteiger partial charge on any atom is -0.494 e. The van der Waals surface area contributed by atoms with Crippen molar-refractivity contribution < 1.29 is 9.13 Å². The normalized spacial score (nSPS) is 12.3. The molecule has 0 heterocycles. The van der Waals surface area contributed by atoms with Gasteiger partial charge in [-0.25, -0.2) is 4.39 Å². The minimum atomic E-state index is -0.495. The van der Waals surface area contributed by atoms with Gasteiger partial charge >= 0.3 is 0 Å². The molecule has 0 aromatic heterocycles. The van der Waals surface area contributed by atoms with E-state index in [9.17, 15) is 4.39 Å². The molecule has 2 nitrogen and oxygen atoms in total. The molecule has 2 aromatic rings. The first kappa shape index (κ1) is 14.3. The lowest BCUT2D eigenvalue weighted by molar-refractivity contribution is 0.386. The van der Waals surface area contributed by atoms with E-state index in [4.69, 9.17) is 22.1 Å². The summed E-state index contributed by atoms with van der Waals surface area (Å²) in [4.78, 5) is 0. The van der Waals surface area contributed by atoms with Gasteiger partial charge in [0.05, 0.1) is 18.2 Å². The van der Waals surface area contributed by atoms with Crippen LogP contribution in [0.1, 0.15) is 17.2 Å². The number of rotatable bonds is 3. The second-order valence-electron chi connectivity index (χ2n) is 4.01. The first-order chi connectivity index (χ1) is 9.04. The van der Waals surface area contributed by atoms with Crippen molar-refractivity contribution in [1.82, 2.24) is 0 Å². The van der Waals surface area contributed by atoms with Crippen molar-refractivity contribution in [2.75, 3.05) is 7.11 Å². The summed E-state index contributed by atoms with van der Waals surface area (Å²) in [5.41, 5.74) is 7.51. The van der Waals surface area contributed by atoms with Gasteiger partial charge in [0.2, 0.25) is 0 Å². The SMILES string of the molecule is COc1ccc(C(N)c2cccc(Br)c2Cl)cc1F. The van der Waals surface area contributed by atoms with Gasteiger partial charge in [0.15, 0.2) is 11.6 Å². The van der Waals surface area contributed by atoms with Crippen LogP contribution in [0.5, 0.6) is 5.75 Å². The molecule has 0 saturated carbocycles. The molecule has 2 aromatic carbocycles. The highest BCUT2D eigenvalue weighted by Gasteiger charge is 2.15. The molecule has 0 radical (unpaired) electrons. The van der Waals surface area contributed by atoms with Crippen molar-refractivity contribution in [3.05, 3.63) is 62.8 Å². The Balaban J connectivity index is 2.41. The van der Waals surface area contributed by atoms with Gasteiger partial charge in [-0.15, -0.1) is 0 Å². The first-order valence-corrected chi connectivity index (χ1v) is 6.74. The van der Waals surface area contributed by atoms with Crippen molar-refractivity contribution in [2.45, 2.75) is 6.04 Å². The molecule has 2 rings (SSSR count). The number of ether oxygens (including phenoxy) is 1. The lowest BCUT2D eigenvalue weighted by Crippen LogP contribution is -2.13. The van der Waals surface area contributed by atoms with E-state index in [0.717, 1.165) is 10.0 Å². The molecule has 0 saturated heterocycles. The van der Waals surface area contributed by atoms with Gasteiger partial charge in [0, 0.05) is 4.47 Å². The largest absolute Gasteiger partial charge is 0.494 e. The Morgan fingerprint density at radius 1 is 1.32 bits per heavy atom. The monoisotopic (exact) mass is 343 g/mol. The van der Waals surface area contributed by atoms with E-state index >= 15 is 0 Å². The standard InChI is InChI=1S/C14H12BrClFNO/c1-19-12-6-5-8(7-11(12)17)14(18)9-3-2-4-10(15)13(9)16/h2-7,14H,18H2,1H3. The fraction of sp³-hybridized carbons (Fsp3) is 0.143. The van der Waals surface area contributed by atoms with E-state index in [1.54, 1.807) is 12.1 Å². The zero-order valence-electron chi connectivity index (χ0n) is 10.2. The average Bonchev–Trinajstić information content (AvgIpc) is 2.41. The summed E-state index contributed by atoms with van der Waals surface area (Å²) in [6.45, 7) is 0. The number of halogens is 3. The minimum absolute atomic E-state index is 0.191. The lowest BCUT2D eigenvalue weighted by Gasteiger charge is -2.15. The second kappa shape index (κ2) is 5.90. The predicted octanol–water partition coefficient (Wildman–Crippen LogP) is 4.30. The van der Waals surface area contributed by atoms with Gasteiger partial charge in [-0.1, -0.05) is 29.8 Å². The molecule has 0 amide bonds. The maximum absolute atomic E-state index is 13.7. The van der Waals surface area contributed by atoms with Crippen LogP contribution >= 0.6 is 27.5 Å². The Morgan fingerprint density at radius 2 is 2.05 bits per heavy atom. The molecular weight excluding hydrogens is 333 g/mol. The summed E-state index contributed by atoms with van der Waals surface area (Å²) in [7, 11) is 1.42. The Hall–Kier alpha value is -1.10. The van der Waals surface area contributed by atoms with Crippen LogP contribution in [0.15, 0.2) is 40.9 Å². The fourth-order valence-corrected chi connectivity index (χ4v) is 2.44. The molecule has 0 aliphatic carbocycles. The molecule has 0 fully saturated rings. The fourth-order valence-electron chi connectivity index (χ4n) is 1.82. The molecule has 0 aliphatic rings. The van der Waals surface area contributed by atoms with E-state index in [2.05, 4.69) is 15.9 Å². The third-order valence-electron chi connectivity index (χ3n) is 2.85. The third-order valence-corrected chi connectivity index (χ3v) is 4.16. The molecular formula is C14H12BrClFNO. The molecule has 19 heavy (non-hydrogen) atoms. The smallest absolute Gasteiger partial charge is 0.165 e. The third kappa shape index (κ3) is 2.91. The maximum atomic E-state index is 13.7. The van der Waals surface area contributed by atoms with E-state index in [-0.39, 0.29) is 5.75 Å². The van der Waals surface area contributed by atoms with E-state index in [1.165, 1.54) is 13.2 Å². The van der Waals surface area contributed by atoms with Crippen LogP contribution in [-0.2, 0) is 0 Å². The number of benzene rings is 2. The van der Waals surface area contributed by atoms with E-state index in [1.807, 2.05) is 18.2 Å². The molecule has 0 bridgehead atoms. The highest BCUT2D eigenvalue weighted by atomic mass is 79.9.